The number of pyridine rings is 1. The lowest BCUT2D eigenvalue weighted by molar-refractivity contribution is 0.0715. The maximum absolute atomic E-state index is 11.9. The van der Waals surface area contributed by atoms with Crippen LogP contribution in [0.15, 0.2) is 41.2 Å². The van der Waals surface area contributed by atoms with E-state index in [1.54, 1.807) is 19.1 Å². The average Bonchev–Trinajstić information content (AvgIpc) is 3.00. The van der Waals surface area contributed by atoms with Gasteiger partial charge >= 0.3 is 5.97 Å². The van der Waals surface area contributed by atoms with Crippen LogP contribution in [0, 0.1) is 6.92 Å². The van der Waals surface area contributed by atoms with Crippen molar-refractivity contribution in [1.82, 2.24) is 9.97 Å². The molecular weight excluding hydrogens is 280 g/mol. The Kier molecular flexibility index (Phi) is 2.56. The van der Waals surface area contributed by atoms with Crippen LogP contribution in [0.2, 0.25) is 0 Å². The van der Waals surface area contributed by atoms with Gasteiger partial charge in [-0.1, -0.05) is 18.2 Å². The third kappa shape index (κ3) is 1.87. The van der Waals surface area contributed by atoms with Crippen molar-refractivity contribution in [3.63, 3.8) is 0 Å². The fourth-order valence-electron chi connectivity index (χ4n) is 2.71. The Morgan fingerprint density at radius 2 is 1.91 bits per heavy atom. The van der Waals surface area contributed by atoms with Crippen LogP contribution in [0.25, 0.3) is 22.7 Å². The number of cyclic esters (lactones) is 1. The Labute approximate surface area is 125 Å². The fraction of sp³-hybridized carbons (Fsp3) is 0.0588. The number of aromatic amines is 2. The topological polar surface area (TPSA) is 74.9 Å². The van der Waals surface area contributed by atoms with E-state index in [1.807, 2.05) is 30.3 Å². The zero-order valence-corrected chi connectivity index (χ0v) is 11.8. The second kappa shape index (κ2) is 4.46. The molecule has 2 N–H and O–H groups in total. The Hall–Kier alpha value is -3.08. The summed E-state index contributed by atoms with van der Waals surface area (Å²) in [6.07, 6.45) is 1.74. The van der Waals surface area contributed by atoms with Gasteiger partial charge in [-0.25, -0.2) is 4.79 Å². The van der Waals surface area contributed by atoms with Crippen LogP contribution >= 0.6 is 0 Å². The molecule has 0 unspecified atom stereocenters. The first-order valence-electron chi connectivity index (χ1n) is 6.88. The molecule has 0 bridgehead atoms. The van der Waals surface area contributed by atoms with Gasteiger partial charge in [0.15, 0.2) is 0 Å². The van der Waals surface area contributed by atoms with Gasteiger partial charge in [-0.15, -0.1) is 0 Å². The van der Waals surface area contributed by atoms with Gasteiger partial charge in [-0.3, -0.25) is 4.79 Å². The van der Waals surface area contributed by atoms with Gasteiger partial charge in [0.05, 0.1) is 0 Å². The minimum atomic E-state index is -0.612. The average molecular weight is 292 g/mol. The van der Waals surface area contributed by atoms with Gasteiger partial charge in [0.1, 0.15) is 11.3 Å². The molecule has 0 fully saturated rings. The molecule has 0 saturated heterocycles. The number of hydrogen-bond acceptors (Lipinski definition) is 3. The van der Waals surface area contributed by atoms with Crippen molar-refractivity contribution in [2.45, 2.75) is 6.92 Å². The summed E-state index contributed by atoms with van der Waals surface area (Å²) in [4.78, 5) is 29.6. The summed E-state index contributed by atoms with van der Waals surface area (Å²) in [6, 6.07) is 11.6. The first kappa shape index (κ1) is 12.6. The molecule has 3 aromatic rings. The highest BCUT2D eigenvalue weighted by molar-refractivity contribution is 6.05. The number of rotatable bonds is 1. The number of H-pyrrole nitrogens is 2. The van der Waals surface area contributed by atoms with E-state index in [1.165, 1.54) is 0 Å². The highest BCUT2D eigenvalue weighted by Crippen LogP contribution is 2.30. The van der Waals surface area contributed by atoms with Gasteiger partial charge in [0.2, 0.25) is 0 Å². The summed E-state index contributed by atoms with van der Waals surface area (Å²) in [6.45, 7) is 1.77. The largest absolute Gasteiger partial charge is 0.422 e. The number of ether oxygens (including phenoxy) is 1. The zero-order chi connectivity index (χ0) is 15.3. The highest BCUT2D eigenvalue weighted by atomic mass is 16.5. The lowest BCUT2D eigenvalue weighted by atomic mass is 10.1. The minimum absolute atomic E-state index is 0.0629. The molecule has 5 nitrogen and oxygen atoms in total. The molecule has 0 atom stereocenters. The number of benzene rings is 1. The Morgan fingerprint density at radius 3 is 2.73 bits per heavy atom. The summed E-state index contributed by atoms with van der Waals surface area (Å²) < 4.78 is 5.25. The third-order valence-corrected chi connectivity index (χ3v) is 3.68. The molecule has 1 aliphatic heterocycles. The predicted molar refractivity (Wildman–Crippen MR) is 83.4 cm³/mol. The molecule has 22 heavy (non-hydrogen) atoms. The quantitative estimate of drug-likeness (QED) is 0.677. The number of hydrogen-bond donors (Lipinski definition) is 2. The molecule has 1 aromatic carbocycles. The fourth-order valence-corrected chi connectivity index (χ4v) is 2.71. The molecule has 5 heteroatoms. The first-order valence-corrected chi connectivity index (χ1v) is 6.88. The molecule has 4 rings (SSSR count). The first-order chi connectivity index (χ1) is 10.6. The molecular formula is C17H12N2O3. The van der Waals surface area contributed by atoms with E-state index in [0.29, 0.717) is 17.0 Å². The summed E-state index contributed by atoms with van der Waals surface area (Å²) in [5.74, 6) is -0.223. The van der Waals surface area contributed by atoms with Crippen LogP contribution in [0.5, 0.6) is 0 Å². The number of carbonyl (C=O) groups excluding carboxylic acids is 1. The molecule has 2 aromatic heterocycles. The standard InChI is InChI=1S/C17H12N2O3/c1-9-6-12-14(22-17(21)15(12)16(20)18-9)8-11-7-10-4-2-3-5-13(10)19-11/h2-8,19H,1H3,(H,18,20)/b14-8+. The second-order valence-corrected chi connectivity index (χ2v) is 5.28. The van der Waals surface area contributed by atoms with Crippen molar-refractivity contribution in [2.24, 2.45) is 0 Å². The minimum Gasteiger partial charge on any atom is -0.422 e. The normalized spacial score (nSPS) is 15.3. The van der Waals surface area contributed by atoms with E-state index in [2.05, 4.69) is 9.97 Å². The molecule has 0 aliphatic carbocycles. The maximum atomic E-state index is 11.9. The number of aryl methyl sites for hydroxylation is 1. The van der Waals surface area contributed by atoms with Gasteiger partial charge in [0, 0.05) is 28.5 Å². The van der Waals surface area contributed by atoms with E-state index in [-0.39, 0.29) is 5.56 Å². The van der Waals surface area contributed by atoms with Crippen molar-refractivity contribution in [3.8, 4) is 0 Å². The Balaban J connectivity index is 1.88. The van der Waals surface area contributed by atoms with Crippen molar-refractivity contribution in [3.05, 3.63) is 69.3 Å². The van der Waals surface area contributed by atoms with E-state index in [9.17, 15) is 9.59 Å². The lowest BCUT2D eigenvalue weighted by Crippen LogP contribution is -2.16. The second-order valence-electron chi connectivity index (χ2n) is 5.28. The maximum Gasteiger partial charge on any atom is 0.349 e. The van der Waals surface area contributed by atoms with Gasteiger partial charge in [0.25, 0.3) is 5.56 Å². The van der Waals surface area contributed by atoms with E-state index in [0.717, 1.165) is 16.6 Å². The van der Waals surface area contributed by atoms with Crippen molar-refractivity contribution in [2.75, 3.05) is 0 Å². The summed E-state index contributed by atoms with van der Waals surface area (Å²) in [5.41, 5.74) is 2.68. The van der Waals surface area contributed by atoms with Crippen LogP contribution in [0.4, 0.5) is 0 Å². The Bertz CT molecular complexity index is 975. The van der Waals surface area contributed by atoms with Crippen molar-refractivity contribution < 1.29 is 9.53 Å². The molecule has 0 amide bonds. The molecule has 0 saturated carbocycles. The molecule has 0 spiro atoms. The number of para-hydroxylation sites is 1. The van der Waals surface area contributed by atoms with Crippen LogP contribution in [-0.4, -0.2) is 15.9 Å². The Morgan fingerprint density at radius 1 is 1.09 bits per heavy atom. The van der Waals surface area contributed by atoms with E-state index >= 15 is 0 Å². The number of carbonyl (C=O) groups is 1. The zero-order valence-electron chi connectivity index (χ0n) is 11.8. The number of aromatic nitrogens is 2. The SMILES string of the molecule is Cc1cc2c(c(=O)[nH]1)C(=O)O/C2=C/c1cc2ccccc2[nH]1. The number of fused-ring (bicyclic) bond motifs is 2. The van der Waals surface area contributed by atoms with Crippen LogP contribution < -0.4 is 5.56 Å². The third-order valence-electron chi connectivity index (χ3n) is 3.68. The van der Waals surface area contributed by atoms with Gasteiger partial charge in [-0.05, 0) is 30.5 Å². The molecule has 108 valence electrons. The summed E-state index contributed by atoms with van der Waals surface area (Å²) in [5, 5.41) is 1.07. The predicted octanol–water partition coefficient (Wildman–Crippen LogP) is 2.83. The van der Waals surface area contributed by atoms with Crippen LogP contribution in [-0.2, 0) is 4.74 Å². The lowest BCUT2D eigenvalue weighted by Gasteiger charge is -1.98. The van der Waals surface area contributed by atoms with Gasteiger partial charge in [-0.2, -0.15) is 0 Å². The molecule has 0 radical (unpaired) electrons. The monoisotopic (exact) mass is 292 g/mol. The summed E-state index contributed by atoms with van der Waals surface area (Å²) >= 11 is 0. The highest BCUT2D eigenvalue weighted by Gasteiger charge is 2.30. The molecule has 1 aliphatic rings. The van der Waals surface area contributed by atoms with Gasteiger partial charge < -0.3 is 14.7 Å². The number of nitrogens with one attached hydrogen (secondary N) is 2. The number of esters is 1. The van der Waals surface area contributed by atoms with Crippen LogP contribution in [0.3, 0.4) is 0 Å². The van der Waals surface area contributed by atoms with Crippen LogP contribution in [0.1, 0.15) is 27.3 Å². The van der Waals surface area contributed by atoms with E-state index in [4.69, 9.17) is 4.74 Å². The van der Waals surface area contributed by atoms with Crippen molar-refractivity contribution >= 4 is 28.7 Å². The van der Waals surface area contributed by atoms with Crippen molar-refractivity contribution in [1.29, 1.82) is 0 Å². The smallest absolute Gasteiger partial charge is 0.349 e. The summed E-state index contributed by atoms with van der Waals surface area (Å²) in [7, 11) is 0. The van der Waals surface area contributed by atoms with E-state index < -0.39 is 11.5 Å². The molecule has 3 heterocycles.